The molecule has 0 saturated heterocycles. The van der Waals surface area contributed by atoms with Crippen LogP contribution in [0.5, 0.6) is 11.5 Å². The van der Waals surface area contributed by atoms with E-state index in [1.165, 1.54) is 48.5 Å². The lowest BCUT2D eigenvalue weighted by Crippen LogP contribution is -2.31. The highest BCUT2D eigenvalue weighted by molar-refractivity contribution is 7.91. The maximum Gasteiger partial charge on any atom is 0.252 e. The van der Waals surface area contributed by atoms with Crippen molar-refractivity contribution in [1.82, 2.24) is 5.32 Å². The molecule has 0 saturated carbocycles. The first kappa shape index (κ1) is 30.1. The van der Waals surface area contributed by atoms with Crippen molar-refractivity contribution < 1.29 is 31.9 Å². The third-order valence-electron chi connectivity index (χ3n) is 7.28. The Balaban J connectivity index is 1.27. The smallest absolute Gasteiger partial charge is 0.252 e. The predicted octanol–water partition coefficient (Wildman–Crippen LogP) is 6.91. The van der Waals surface area contributed by atoms with Crippen LogP contribution < -0.4 is 14.8 Å². The van der Waals surface area contributed by atoms with Crippen molar-refractivity contribution in [1.29, 1.82) is 0 Å². The molecule has 226 valence electrons. The molecule has 5 aromatic rings. The number of hydrogen-bond donors (Lipinski definition) is 1. The fourth-order valence-electron chi connectivity index (χ4n) is 5.10. The Kier molecular flexibility index (Phi) is 8.38. The number of carbonyl (C=O) groups is 2. The van der Waals surface area contributed by atoms with Crippen LogP contribution in [0, 0.1) is 5.82 Å². The molecule has 0 aliphatic carbocycles. The quantitative estimate of drug-likeness (QED) is 0.172. The largest absolute Gasteiger partial charge is 0.490 e. The maximum atomic E-state index is 14.2. The van der Waals surface area contributed by atoms with Crippen LogP contribution in [0.1, 0.15) is 31.8 Å². The highest BCUT2D eigenvalue weighted by atomic mass is 35.5. The summed E-state index contributed by atoms with van der Waals surface area (Å²) in [5.74, 6) is -1.06. The maximum absolute atomic E-state index is 14.2. The predicted molar refractivity (Wildman–Crippen MR) is 167 cm³/mol. The number of nitrogens with one attached hydrogen (secondary N) is 1. The SMILES string of the molecule is O=C(NCCOc1ccccc1Cl)c1cccc2c1C(=O)c1ccc(-c3ccc(F)cc3OCc3ccccc3)cc1S2(=O)=O. The molecule has 0 radical (unpaired) electrons. The van der Waals surface area contributed by atoms with Crippen molar-refractivity contribution in [2.45, 2.75) is 16.4 Å². The zero-order valence-electron chi connectivity index (χ0n) is 23.6. The van der Waals surface area contributed by atoms with Crippen LogP contribution in [0.4, 0.5) is 4.39 Å². The minimum atomic E-state index is -4.22. The van der Waals surface area contributed by atoms with Gasteiger partial charge in [0.05, 0.1) is 32.5 Å². The summed E-state index contributed by atoms with van der Waals surface area (Å²) in [5, 5.41) is 3.10. The van der Waals surface area contributed by atoms with Crippen LogP contribution >= 0.6 is 11.6 Å². The van der Waals surface area contributed by atoms with E-state index in [0.29, 0.717) is 21.9 Å². The zero-order chi connectivity index (χ0) is 31.6. The number of para-hydroxylation sites is 1. The zero-order valence-corrected chi connectivity index (χ0v) is 25.2. The van der Waals surface area contributed by atoms with E-state index >= 15 is 0 Å². The van der Waals surface area contributed by atoms with Gasteiger partial charge in [-0.25, -0.2) is 12.8 Å². The van der Waals surface area contributed by atoms with Crippen molar-refractivity contribution in [2.75, 3.05) is 13.2 Å². The summed E-state index contributed by atoms with van der Waals surface area (Å²) >= 11 is 6.09. The number of rotatable bonds is 9. The molecule has 45 heavy (non-hydrogen) atoms. The average Bonchev–Trinajstić information content (AvgIpc) is 3.05. The molecule has 1 heterocycles. The van der Waals surface area contributed by atoms with E-state index in [9.17, 15) is 22.4 Å². The summed E-state index contributed by atoms with van der Waals surface area (Å²) in [7, 11) is -4.22. The van der Waals surface area contributed by atoms with Gasteiger partial charge >= 0.3 is 0 Å². The molecule has 0 unspecified atom stereocenters. The summed E-state index contributed by atoms with van der Waals surface area (Å²) in [4.78, 5) is 26.4. The number of halogens is 2. The Hall–Kier alpha value is -4.99. The Morgan fingerprint density at radius 3 is 2.33 bits per heavy atom. The van der Waals surface area contributed by atoms with Crippen LogP contribution in [-0.4, -0.2) is 33.3 Å². The second-order valence-corrected chi connectivity index (χ2v) is 12.5. The van der Waals surface area contributed by atoms with Crippen molar-refractivity contribution in [3.05, 3.63) is 142 Å². The number of ketones is 1. The van der Waals surface area contributed by atoms with Crippen LogP contribution in [0.3, 0.4) is 0 Å². The summed E-state index contributed by atoms with van der Waals surface area (Å²) in [5.41, 5.74) is 1.41. The van der Waals surface area contributed by atoms with Gasteiger partial charge in [-0.2, -0.15) is 0 Å². The van der Waals surface area contributed by atoms with Crippen molar-refractivity contribution in [2.24, 2.45) is 0 Å². The number of ether oxygens (including phenoxy) is 2. The molecule has 10 heteroatoms. The molecule has 0 fully saturated rings. The number of benzene rings is 5. The fourth-order valence-corrected chi connectivity index (χ4v) is 6.99. The topological polar surface area (TPSA) is 98.8 Å². The molecule has 0 aromatic heterocycles. The first-order valence-electron chi connectivity index (χ1n) is 13.9. The first-order valence-corrected chi connectivity index (χ1v) is 15.8. The third kappa shape index (κ3) is 6.05. The van der Waals surface area contributed by atoms with E-state index in [0.717, 1.165) is 5.56 Å². The van der Waals surface area contributed by atoms with E-state index in [2.05, 4.69) is 5.32 Å². The Bertz CT molecular complexity index is 2050. The molecule has 0 bridgehead atoms. The molecule has 1 N–H and O–H groups in total. The van der Waals surface area contributed by atoms with E-state index in [-0.39, 0.29) is 52.0 Å². The van der Waals surface area contributed by atoms with E-state index in [1.54, 1.807) is 30.3 Å². The number of hydrogen-bond acceptors (Lipinski definition) is 6. The molecule has 1 aliphatic rings. The molecule has 7 nitrogen and oxygen atoms in total. The monoisotopic (exact) mass is 641 g/mol. The minimum absolute atomic E-state index is 0.0660. The summed E-state index contributed by atoms with van der Waals surface area (Å²) in [6.07, 6.45) is 0. The van der Waals surface area contributed by atoms with E-state index in [4.69, 9.17) is 21.1 Å². The Labute approximate surface area is 264 Å². The molecule has 0 atom stereocenters. The van der Waals surface area contributed by atoms with Gasteiger partial charge in [0.25, 0.3) is 5.91 Å². The summed E-state index contributed by atoms with van der Waals surface area (Å²) < 4.78 is 53.5. The number of sulfone groups is 1. The summed E-state index contributed by atoms with van der Waals surface area (Å²) in [6.45, 7) is 0.354. The lowest BCUT2D eigenvalue weighted by atomic mass is 9.95. The van der Waals surface area contributed by atoms with Crippen LogP contribution in [0.2, 0.25) is 5.02 Å². The highest BCUT2D eigenvalue weighted by Gasteiger charge is 2.38. The Morgan fingerprint density at radius 2 is 1.53 bits per heavy atom. The van der Waals surface area contributed by atoms with Gasteiger partial charge in [-0.05, 0) is 59.7 Å². The average molecular weight is 642 g/mol. The van der Waals surface area contributed by atoms with Crippen molar-refractivity contribution in [3.8, 4) is 22.6 Å². The summed E-state index contributed by atoms with van der Waals surface area (Å²) in [6, 6.07) is 28.7. The van der Waals surface area contributed by atoms with Gasteiger partial charge in [-0.1, -0.05) is 66.2 Å². The van der Waals surface area contributed by atoms with E-state index < -0.39 is 27.3 Å². The lowest BCUT2D eigenvalue weighted by Gasteiger charge is -2.22. The van der Waals surface area contributed by atoms with E-state index in [1.807, 2.05) is 30.3 Å². The van der Waals surface area contributed by atoms with Crippen molar-refractivity contribution in [3.63, 3.8) is 0 Å². The van der Waals surface area contributed by atoms with Gasteiger partial charge in [0, 0.05) is 17.2 Å². The van der Waals surface area contributed by atoms with Gasteiger partial charge < -0.3 is 14.8 Å². The van der Waals surface area contributed by atoms with Gasteiger partial charge in [0.15, 0.2) is 5.78 Å². The molecule has 1 amide bonds. The van der Waals surface area contributed by atoms with Crippen molar-refractivity contribution >= 4 is 33.1 Å². The van der Waals surface area contributed by atoms with Gasteiger partial charge in [-0.15, -0.1) is 0 Å². The Morgan fingerprint density at radius 1 is 0.778 bits per heavy atom. The van der Waals surface area contributed by atoms with Crippen LogP contribution in [0.25, 0.3) is 11.1 Å². The lowest BCUT2D eigenvalue weighted by molar-refractivity contribution is 0.0934. The number of carbonyl (C=O) groups excluding carboxylic acids is 2. The van der Waals surface area contributed by atoms with Crippen LogP contribution in [0.15, 0.2) is 119 Å². The third-order valence-corrected chi connectivity index (χ3v) is 9.43. The molecule has 1 aliphatic heterocycles. The molecular weight excluding hydrogens is 617 g/mol. The first-order chi connectivity index (χ1) is 21.7. The number of amides is 1. The van der Waals surface area contributed by atoms with Crippen LogP contribution in [-0.2, 0) is 16.4 Å². The second-order valence-electron chi connectivity index (χ2n) is 10.2. The molecule has 5 aromatic carbocycles. The molecular formula is C35H25ClFNO6S. The minimum Gasteiger partial charge on any atom is -0.490 e. The highest BCUT2D eigenvalue weighted by Crippen LogP contribution is 2.40. The normalized spacial score (nSPS) is 13.0. The standard InChI is InChI=1S/C35H25ClFNO6S/c36-28-10-4-5-11-29(28)43-18-17-38-35(40)27-9-6-12-31-33(27)34(39)26-15-13-23(19-32(26)45(31,41)42)25-16-14-24(37)20-30(25)44-21-22-7-2-1-3-8-22/h1-16,19-20H,17-18,21H2,(H,38,40). The van der Waals surface area contributed by atoms with Gasteiger partial charge in [0.2, 0.25) is 9.84 Å². The van der Waals surface area contributed by atoms with Gasteiger partial charge in [0.1, 0.15) is 30.5 Å². The molecule has 6 rings (SSSR count). The molecule has 0 spiro atoms. The second kappa shape index (κ2) is 12.6. The fraction of sp³-hybridized carbons (Fsp3) is 0.0857. The van der Waals surface area contributed by atoms with Gasteiger partial charge in [-0.3, -0.25) is 9.59 Å². The number of fused-ring (bicyclic) bond motifs is 2.